The van der Waals surface area contributed by atoms with Gasteiger partial charge in [-0.2, -0.15) is 4.37 Å². The molecule has 0 fully saturated rings. The van der Waals surface area contributed by atoms with E-state index in [2.05, 4.69) is 26.1 Å². The molecule has 0 aliphatic heterocycles. The summed E-state index contributed by atoms with van der Waals surface area (Å²) in [7, 11) is 0. The first-order valence-corrected chi connectivity index (χ1v) is 7.47. The van der Waals surface area contributed by atoms with Gasteiger partial charge in [0.1, 0.15) is 5.00 Å². The highest BCUT2D eigenvalue weighted by Crippen LogP contribution is 2.27. The molecule has 5 heteroatoms. The van der Waals surface area contributed by atoms with Gasteiger partial charge in [-0.05, 0) is 30.6 Å². The van der Waals surface area contributed by atoms with Crippen LogP contribution in [0.15, 0.2) is 29.6 Å². The Morgan fingerprint density at radius 1 is 1.28 bits per heavy atom. The maximum absolute atomic E-state index is 4.46. The summed E-state index contributed by atoms with van der Waals surface area (Å²) in [5, 5.41) is 9.06. The molecule has 2 aromatic heterocycles. The van der Waals surface area contributed by atoms with Gasteiger partial charge in [0.15, 0.2) is 0 Å². The molecule has 0 aliphatic rings. The summed E-state index contributed by atoms with van der Waals surface area (Å²) in [5.41, 5.74) is 2.23. The van der Waals surface area contributed by atoms with Crippen LogP contribution < -0.4 is 5.32 Å². The third-order valence-electron chi connectivity index (χ3n) is 2.72. The fourth-order valence-corrected chi connectivity index (χ4v) is 3.28. The van der Waals surface area contributed by atoms with Crippen molar-refractivity contribution in [3.63, 3.8) is 0 Å². The molecule has 1 aromatic carbocycles. The number of hydrogen-bond donors (Lipinski definition) is 1. The van der Waals surface area contributed by atoms with Crippen LogP contribution in [0, 0.1) is 6.92 Å². The van der Waals surface area contributed by atoms with Gasteiger partial charge in [0.05, 0.1) is 16.2 Å². The predicted molar refractivity (Wildman–Crippen MR) is 78.7 cm³/mol. The molecule has 18 heavy (non-hydrogen) atoms. The van der Waals surface area contributed by atoms with E-state index in [0.717, 1.165) is 28.5 Å². The lowest BCUT2D eigenvalue weighted by atomic mass is 10.2. The molecule has 92 valence electrons. The van der Waals surface area contributed by atoms with Gasteiger partial charge >= 0.3 is 0 Å². The highest BCUT2D eigenvalue weighted by atomic mass is 32.1. The van der Waals surface area contributed by atoms with Gasteiger partial charge in [-0.3, -0.25) is 0 Å². The Balaban J connectivity index is 1.66. The van der Waals surface area contributed by atoms with Crippen molar-refractivity contribution in [3.05, 3.63) is 40.3 Å². The SMILES string of the molecule is Cc1nc(CCNc2snc3ccccc23)cs1. The van der Waals surface area contributed by atoms with Crippen molar-refractivity contribution in [3.8, 4) is 0 Å². The van der Waals surface area contributed by atoms with E-state index in [-0.39, 0.29) is 0 Å². The Kier molecular flexibility index (Phi) is 3.25. The van der Waals surface area contributed by atoms with Crippen molar-refractivity contribution in [2.24, 2.45) is 0 Å². The second-order valence-corrected chi connectivity index (χ2v) is 5.90. The van der Waals surface area contributed by atoms with Crippen molar-refractivity contribution in [1.29, 1.82) is 0 Å². The van der Waals surface area contributed by atoms with Gasteiger partial charge < -0.3 is 5.32 Å². The Labute approximate surface area is 114 Å². The predicted octanol–water partition coefficient (Wildman–Crippen LogP) is 3.72. The van der Waals surface area contributed by atoms with E-state index < -0.39 is 0 Å². The summed E-state index contributed by atoms with van der Waals surface area (Å²) in [6.45, 7) is 2.94. The summed E-state index contributed by atoms with van der Waals surface area (Å²) >= 11 is 3.23. The summed E-state index contributed by atoms with van der Waals surface area (Å²) in [6, 6.07) is 8.21. The zero-order valence-electron chi connectivity index (χ0n) is 10.0. The first kappa shape index (κ1) is 11.6. The number of rotatable bonds is 4. The van der Waals surface area contributed by atoms with E-state index in [0.29, 0.717) is 0 Å². The lowest BCUT2D eigenvalue weighted by molar-refractivity contribution is 0.972. The van der Waals surface area contributed by atoms with Crippen LogP contribution in [0.4, 0.5) is 5.00 Å². The highest BCUT2D eigenvalue weighted by molar-refractivity contribution is 7.11. The topological polar surface area (TPSA) is 37.8 Å². The molecular formula is C13H13N3S2. The van der Waals surface area contributed by atoms with Crippen LogP contribution in [-0.2, 0) is 6.42 Å². The lowest BCUT2D eigenvalue weighted by Crippen LogP contribution is -2.03. The van der Waals surface area contributed by atoms with Crippen molar-refractivity contribution in [1.82, 2.24) is 9.36 Å². The molecular weight excluding hydrogens is 262 g/mol. The number of nitrogens with zero attached hydrogens (tertiary/aromatic N) is 2. The van der Waals surface area contributed by atoms with E-state index in [1.165, 1.54) is 22.6 Å². The van der Waals surface area contributed by atoms with E-state index in [9.17, 15) is 0 Å². The zero-order valence-corrected chi connectivity index (χ0v) is 11.6. The quantitative estimate of drug-likeness (QED) is 0.788. The second-order valence-electron chi connectivity index (χ2n) is 4.06. The number of aryl methyl sites for hydroxylation is 1. The maximum Gasteiger partial charge on any atom is 0.117 e. The first-order valence-electron chi connectivity index (χ1n) is 5.82. The Bertz CT molecular complexity index is 657. The smallest absolute Gasteiger partial charge is 0.117 e. The number of thiazole rings is 1. The molecule has 3 rings (SSSR count). The van der Waals surface area contributed by atoms with Crippen LogP contribution in [-0.4, -0.2) is 15.9 Å². The summed E-state index contributed by atoms with van der Waals surface area (Å²) in [4.78, 5) is 4.46. The fraction of sp³-hybridized carbons (Fsp3) is 0.231. The monoisotopic (exact) mass is 275 g/mol. The number of nitrogens with one attached hydrogen (secondary N) is 1. The Morgan fingerprint density at radius 3 is 3.00 bits per heavy atom. The third-order valence-corrected chi connectivity index (χ3v) is 4.37. The van der Waals surface area contributed by atoms with Crippen LogP contribution in [0.25, 0.3) is 10.9 Å². The minimum atomic E-state index is 0.898. The van der Waals surface area contributed by atoms with Crippen molar-refractivity contribution >= 4 is 38.8 Å². The number of hydrogen-bond acceptors (Lipinski definition) is 5. The zero-order chi connectivity index (χ0) is 12.4. The van der Waals surface area contributed by atoms with Gasteiger partial charge in [-0.1, -0.05) is 12.1 Å². The van der Waals surface area contributed by atoms with Crippen molar-refractivity contribution in [2.75, 3.05) is 11.9 Å². The molecule has 0 amide bonds. The molecule has 1 N–H and O–H groups in total. The molecule has 0 aliphatic carbocycles. The third kappa shape index (κ3) is 2.37. The van der Waals surface area contributed by atoms with E-state index >= 15 is 0 Å². The number of aromatic nitrogens is 2. The number of fused-ring (bicyclic) bond motifs is 1. The number of anilines is 1. The minimum absolute atomic E-state index is 0.898. The van der Waals surface area contributed by atoms with Crippen LogP contribution in [0.1, 0.15) is 10.7 Å². The molecule has 3 nitrogen and oxygen atoms in total. The van der Waals surface area contributed by atoms with E-state index in [1.54, 1.807) is 11.3 Å². The second kappa shape index (κ2) is 5.04. The van der Waals surface area contributed by atoms with Gasteiger partial charge in [-0.15, -0.1) is 11.3 Å². The summed E-state index contributed by atoms with van der Waals surface area (Å²) in [5.74, 6) is 0. The molecule has 0 saturated carbocycles. The van der Waals surface area contributed by atoms with Gasteiger partial charge in [0.2, 0.25) is 0 Å². The van der Waals surface area contributed by atoms with Gasteiger partial charge in [0, 0.05) is 23.7 Å². The molecule has 0 unspecified atom stereocenters. The van der Waals surface area contributed by atoms with Gasteiger partial charge in [-0.25, -0.2) is 4.98 Å². The molecule has 0 radical (unpaired) electrons. The molecule has 0 atom stereocenters. The standard InChI is InChI=1S/C13H13N3S2/c1-9-15-10(8-17-9)6-7-14-13-11-4-2-3-5-12(11)16-18-13/h2-5,8,14H,6-7H2,1H3. The van der Waals surface area contributed by atoms with Crippen molar-refractivity contribution in [2.45, 2.75) is 13.3 Å². The molecule has 0 spiro atoms. The van der Waals surface area contributed by atoms with Crippen LogP contribution >= 0.6 is 22.9 Å². The number of benzene rings is 1. The van der Waals surface area contributed by atoms with Crippen molar-refractivity contribution < 1.29 is 0 Å². The largest absolute Gasteiger partial charge is 0.375 e. The average Bonchev–Trinajstić information content (AvgIpc) is 2.97. The van der Waals surface area contributed by atoms with Crippen LogP contribution in [0.5, 0.6) is 0 Å². The minimum Gasteiger partial charge on any atom is -0.375 e. The van der Waals surface area contributed by atoms with Gasteiger partial charge in [0.25, 0.3) is 0 Å². The summed E-state index contributed by atoms with van der Waals surface area (Å²) in [6.07, 6.45) is 0.955. The lowest BCUT2D eigenvalue weighted by Gasteiger charge is -2.01. The molecule has 3 aromatic rings. The normalized spacial score (nSPS) is 10.9. The molecule has 0 saturated heterocycles. The maximum atomic E-state index is 4.46. The van der Waals surface area contributed by atoms with Crippen LogP contribution in [0.2, 0.25) is 0 Å². The van der Waals surface area contributed by atoms with Crippen LogP contribution in [0.3, 0.4) is 0 Å². The average molecular weight is 275 g/mol. The molecule has 2 heterocycles. The Hall–Kier alpha value is -1.46. The Morgan fingerprint density at radius 2 is 2.17 bits per heavy atom. The van der Waals surface area contributed by atoms with E-state index in [1.807, 2.05) is 25.1 Å². The fourth-order valence-electron chi connectivity index (χ4n) is 1.84. The first-order chi connectivity index (χ1) is 8.83. The highest BCUT2D eigenvalue weighted by Gasteiger charge is 2.04. The van der Waals surface area contributed by atoms with E-state index in [4.69, 9.17) is 0 Å². The summed E-state index contributed by atoms with van der Waals surface area (Å²) < 4.78 is 4.41. The molecule has 0 bridgehead atoms.